The van der Waals surface area contributed by atoms with Crippen molar-refractivity contribution < 1.29 is 13.2 Å². The highest BCUT2D eigenvalue weighted by Crippen LogP contribution is 2.36. The molecule has 0 unspecified atom stereocenters. The summed E-state index contributed by atoms with van der Waals surface area (Å²) in [4.78, 5) is 13.8. The number of hydrazine groups is 1. The summed E-state index contributed by atoms with van der Waals surface area (Å²) in [5.41, 5.74) is 9.66. The van der Waals surface area contributed by atoms with Crippen molar-refractivity contribution in [3.05, 3.63) is 149 Å². The number of rotatable bonds is 10. The molecule has 0 saturated carbocycles. The fraction of sp³-hybridized carbons (Fsp3) is 0.156. The monoisotopic (exact) mass is 539 g/mol. The highest BCUT2D eigenvalue weighted by Gasteiger charge is 2.37. The highest BCUT2D eigenvalue weighted by molar-refractivity contribution is 7.92. The first-order valence-electron chi connectivity index (χ1n) is 12.7. The average molecular weight is 540 g/mol. The Balaban J connectivity index is 1.79. The summed E-state index contributed by atoms with van der Waals surface area (Å²) in [6, 6.07) is 36.4. The molecule has 200 valence electrons. The van der Waals surface area contributed by atoms with E-state index in [2.05, 4.69) is 10.9 Å². The van der Waals surface area contributed by atoms with Crippen molar-refractivity contribution in [1.29, 1.82) is 0 Å². The summed E-state index contributed by atoms with van der Waals surface area (Å²) in [6.45, 7) is 3.93. The Morgan fingerprint density at radius 3 is 1.62 bits per heavy atom. The SMILES string of the molecule is CC(C)=CCN(c1ccccc1C(=O)NNC(c1ccccc1)(c1ccccc1)c1ccccc1)S(C)(=O)=O. The Morgan fingerprint density at radius 1 is 0.744 bits per heavy atom. The number of carbonyl (C=O) groups is 1. The zero-order valence-corrected chi connectivity index (χ0v) is 23.2. The Kier molecular flexibility index (Phi) is 8.64. The molecule has 0 saturated heterocycles. The van der Waals surface area contributed by atoms with Gasteiger partial charge in [0.15, 0.2) is 0 Å². The maximum atomic E-state index is 13.8. The van der Waals surface area contributed by atoms with E-state index in [1.165, 1.54) is 4.31 Å². The zero-order chi connectivity index (χ0) is 27.9. The van der Waals surface area contributed by atoms with E-state index < -0.39 is 21.5 Å². The maximum absolute atomic E-state index is 13.8. The third-order valence-electron chi connectivity index (χ3n) is 6.47. The van der Waals surface area contributed by atoms with E-state index in [0.29, 0.717) is 5.69 Å². The molecule has 39 heavy (non-hydrogen) atoms. The van der Waals surface area contributed by atoms with Gasteiger partial charge in [0, 0.05) is 0 Å². The maximum Gasteiger partial charge on any atom is 0.267 e. The Hall–Kier alpha value is -4.20. The van der Waals surface area contributed by atoms with Crippen LogP contribution in [0.1, 0.15) is 40.9 Å². The lowest BCUT2D eigenvalue weighted by Gasteiger charge is -2.37. The number of para-hydroxylation sites is 1. The molecule has 7 heteroatoms. The van der Waals surface area contributed by atoms with Gasteiger partial charge in [0.1, 0.15) is 5.54 Å². The summed E-state index contributed by atoms with van der Waals surface area (Å²) < 4.78 is 26.7. The third-order valence-corrected chi connectivity index (χ3v) is 7.61. The van der Waals surface area contributed by atoms with Crippen LogP contribution in [-0.4, -0.2) is 27.1 Å². The lowest BCUT2D eigenvalue weighted by Crippen LogP contribution is -2.53. The molecule has 0 aromatic heterocycles. The highest BCUT2D eigenvalue weighted by atomic mass is 32.2. The molecular weight excluding hydrogens is 506 g/mol. The number of hydrogen-bond donors (Lipinski definition) is 2. The van der Waals surface area contributed by atoms with Gasteiger partial charge in [-0.2, -0.15) is 0 Å². The van der Waals surface area contributed by atoms with E-state index in [4.69, 9.17) is 0 Å². The summed E-state index contributed by atoms with van der Waals surface area (Å²) in [5, 5.41) is 0. The molecule has 2 N–H and O–H groups in total. The van der Waals surface area contributed by atoms with Crippen LogP contribution in [0.15, 0.2) is 127 Å². The fourth-order valence-corrected chi connectivity index (χ4v) is 5.42. The zero-order valence-electron chi connectivity index (χ0n) is 22.3. The molecule has 0 bridgehead atoms. The predicted molar refractivity (Wildman–Crippen MR) is 158 cm³/mol. The third kappa shape index (κ3) is 6.28. The number of anilines is 1. The molecular formula is C32H33N3O3S. The van der Waals surface area contributed by atoms with Gasteiger partial charge in [0.2, 0.25) is 10.0 Å². The molecule has 0 fully saturated rings. The first-order chi connectivity index (χ1) is 18.7. The van der Waals surface area contributed by atoms with Gasteiger partial charge < -0.3 is 0 Å². The van der Waals surface area contributed by atoms with Crippen LogP contribution in [0.3, 0.4) is 0 Å². The first kappa shape index (κ1) is 27.8. The van der Waals surface area contributed by atoms with Gasteiger partial charge >= 0.3 is 0 Å². The molecule has 0 aliphatic carbocycles. The van der Waals surface area contributed by atoms with Crippen molar-refractivity contribution >= 4 is 21.6 Å². The number of carbonyl (C=O) groups excluding carboxylic acids is 1. The molecule has 4 rings (SSSR count). The molecule has 0 atom stereocenters. The molecule has 1 amide bonds. The number of sulfonamides is 1. The van der Waals surface area contributed by atoms with E-state index in [9.17, 15) is 13.2 Å². The average Bonchev–Trinajstić information content (AvgIpc) is 2.94. The topological polar surface area (TPSA) is 78.5 Å². The second kappa shape index (κ2) is 12.1. The number of allylic oxidation sites excluding steroid dienone is 1. The number of benzene rings is 4. The van der Waals surface area contributed by atoms with Crippen molar-refractivity contribution in [3.63, 3.8) is 0 Å². The number of nitrogens with zero attached hydrogens (tertiary/aromatic N) is 1. The normalized spacial score (nSPS) is 11.5. The quantitative estimate of drug-likeness (QED) is 0.155. The van der Waals surface area contributed by atoms with Crippen molar-refractivity contribution in [2.75, 3.05) is 17.1 Å². The summed E-state index contributed by atoms with van der Waals surface area (Å²) in [7, 11) is -3.65. The van der Waals surface area contributed by atoms with Crippen LogP contribution in [0.25, 0.3) is 0 Å². The fourth-order valence-electron chi connectivity index (χ4n) is 4.56. The van der Waals surface area contributed by atoms with Crippen LogP contribution in [0, 0.1) is 0 Å². The van der Waals surface area contributed by atoms with E-state index in [1.807, 2.05) is 111 Å². The number of nitrogens with one attached hydrogen (secondary N) is 2. The van der Waals surface area contributed by atoms with Crippen molar-refractivity contribution in [2.24, 2.45) is 0 Å². The smallest absolute Gasteiger partial charge is 0.267 e. The van der Waals surface area contributed by atoms with Gasteiger partial charge in [-0.05, 0) is 42.7 Å². The predicted octanol–water partition coefficient (Wildman–Crippen LogP) is 5.65. The minimum Gasteiger partial charge on any atom is -0.286 e. The summed E-state index contributed by atoms with van der Waals surface area (Å²) in [6.07, 6.45) is 2.96. The van der Waals surface area contributed by atoms with E-state index in [-0.39, 0.29) is 12.1 Å². The van der Waals surface area contributed by atoms with Crippen LogP contribution < -0.4 is 15.2 Å². The summed E-state index contributed by atoms with van der Waals surface area (Å²) in [5.74, 6) is -0.455. The second-order valence-corrected chi connectivity index (χ2v) is 11.4. The Bertz CT molecular complexity index is 1440. The molecule has 6 nitrogen and oxygen atoms in total. The van der Waals surface area contributed by atoms with Crippen LogP contribution in [0.4, 0.5) is 5.69 Å². The van der Waals surface area contributed by atoms with Crippen LogP contribution >= 0.6 is 0 Å². The van der Waals surface area contributed by atoms with Gasteiger partial charge in [-0.15, -0.1) is 0 Å². The molecule has 0 aliphatic rings. The Labute approximate surface area is 231 Å². The van der Waals surface area contributed by atoms with E-state index >= 15 is 0 Å². The molecule has 0 aliphatic heterocycles. The van der Waals surface area contributed by atoms with Crippen molar-refractivity contribution in [2.45, 2.75) is 19.4 Å². The van der Waals surface area contributed by atoms with Gasteiger partial charge in [-0.25, -0.2) is 13.8 Å². The molecule has 0 spiro atoms. The van der Waals surface area contributed by atoms with Crippen LogP contribution in [0.2, 0.25) is 0 Å². The molecule has 4 aromatic rings. The number of hydrogen-bond acceptors (Lipinski definition) is 4. The Morgan fingerprint density at radius 2 is 1.18 bits per heavy atom. The molecule has 4 aromatic carbocycles. The van der Waals surface area contributed by atoms with E-state index in [0.717, 1.165) is 28.5 Å². The van der Waals surface area contributed by atoms with Gasteiger partial charge in [0.05, 0.1) is 24.1 Å². The molecule has 0 heterocycles. The van der Waals surface area contributed by atoms with Crippen molar-refractivity contribution in [1.82, 2.24) is 10.9 Å². The molecule has 0 radical (unpaired) electrons. The lowest BCUT2D eigenvalue weighted by molar-refractivity contribution is 0.0919. The van der Waals surface area contributed by atoms with E-state index in [1.54, 1.807) is 24.3 Å². The van der Waals surface area contributed by atoms with Crippen LogP contribution in [-0.2, 0) is 15.6 Å². The summed E-state index contributed by atoms with van der Waals surface area (Å²) >= 11 is 0. The number of amides is 1. The van der Waals surface area contributed by atoms with Gasteiger partial charge in [0.25, 0.3) is 5.91 Å². The lowest BCUT2D eigenvalue weighted by atomic mass is 9.77. The van der Waals surface area contributed by atoms with Crippen molar-refractivity contribution in [3.8, 4) is 0 Å². The van der Waals surface area contributed by atoms with Gasteiger partial charge in [-0.3, -0.25) is 14.5 Å². The largest absolute Gasteiger partial charge is 0.286 e. The van der Waals surface area contributed by atoms with Gasteiger partial charge in [-0.1, -0.05) is 115 Å². The minimum atomic E-state index is -3.65. The first-order valence-corrected chi connectivity index (χ1v) is 14.5. The standard InChI is InChI=1S/C32H33N3O3S/c1-25(2)23-24-35(39(3,37)38)30-22-14-13-21-29(30)31(36)33-34-32(26-15-7-4-8-16-26,27-17-9-5-10-18-27)28-19-11-6-12-20-28/h4-23,34H,24H2,1-3H3,(H,33,36). The van der Waals surface area contributed by atoms with Crippen LogP contribution in [0.5, 0.6) is 0 Å². The minimum absolute atomic E-state index is 0.126. The second-order valence-electron chi connectivity index (χ2n) is 9.52.